The molecule has 0 aromatic heterocycles. The van der Waals surface area contributed by atoms with Crippen LogP contribution < -0.4 is 9.80 Å². The maximum atomic E-state index is 13.7. The molecule has 1 aliphatic rings. The largest absolute Gasteiger partial charge is 0.416 e. The molecule has 8 heteroatoms. The molecule has 0 N–H and O–H groups in total. The van der Waals surface area contributed by atoms with E-state index < -0.39 is 11.7 Å². The molecule has 3 aromatic carbocycles. The summed E-state index contributed by atoms with van der Waals surface area (Å²) in [6.07, 6.45) is -3.62. The average molecular weight is 513 g/mol. The minimum absolute atomic E-state index is 0.00203. The number of benzene rings is 3. The standard InChI is InChI=1S/C28H28ClF3N4/c1-33-27-13-12-23(16-26(27)29)36(18-21-6-4-5-7-25(21)28(30,31)32)24-14-15-35(19-24)17-20-8-10-22(11-9-20)34(2)3/h4-13,16,24H,14-15,17-19H2,2-3H3/t24-/m0/s1. The van der Waals surface area contributed by atoms with Crippen molar-refractivity contribution in [3.8, 4) is 0 Å². The second-order valence-corrected chi connectivity index (χ2v) is 9.68. The summed E-state index contributed by atoms with van der Waals surface area (Å²) in [6, 6.07) is 19.2. The number of hydrogen-bond donors (Lipinski definition) is 0. The first-order chi connectivity index (χ1) is 17.2. The van der Waals surface area contributed by atoms with Crippen molar-refractivity contribution in [2.75, 3.05) is 37.0 Å². The highest BCUT2D eigenvalue weighted by atomic mass is 35.5. The van der Waals surface area contributed by atoms with Crippen molar-refractivity contribution in [2.24, 2.45) is 0 Å². The summed E-state index contributed by atoms with van der Waals surface area (Å²) in [5.41, 5.74) is 2.95. The first-order valence-electron chi connectivity index (χ1n) is 11.7. The summed E-state index contributed by atoms with van der Waals surface area (Å²) in [4.78, 5) is 9.79. The van der Waals surface area contributed by atoms with E-state index in [0.717, 1.165) is 31.3 Å². The summed E-state index contributed by atoms with van der Waals surface area (Å²) in [7, 11) is 4.01. The number of nitrogens with zero attached hydrogens (tertiary/aromatic N) is 4. The van der Waals surface area contributed by atoms with E-state index in [-0.39, 0.29) is 18.2 Å². The van der Waals surface area contributed by atoms with Crippen LogP contribution in [0.15, 0.2) is 66.7 Å². The molecule has 1 fully saturated rings. The van der Waals surface area contributed by atoms with Crippen molar-refractivity contribution in [3.05, 3.63) is 99.9 Å². The lowest BCUT2D eigenvalue weighted by Crippen LogP contribution is -2.37. The minimum atomic E-state index is -4.44. The zero-order valence-corrected chi connectivity index (χ0v) is 21.0. The van der Waals surface area contributed by atoms with Gasteiger partial charge in [0.15, 0.2) is 0 Å². The molecule has 0 saturated carbocycles. The number of halogens is 4. The monoisotopic (exact) mass is 512 g/mol. The Labute approximate surface area is 215 Å². The van der Waals surface area contributed by atoms with E-state index >= 15 is 0 Å². The lowest BCUT2D eigenvalue weighted by molar-refractivity contribution is -0.138. The second kappa shape index (κ2) is 10.8. The fraction of sp³-hybridized carbons (Fsp3) is 0.321. The Morgan fingerprint density at radius 3 is 2.36 bits per heavy atom. The summed E-state index contributed by atoms with van der Waals surface area (Å²) >= 11 is 6.32. The van der Waals surface area contributed by atoms with Gasteiger partial charge in [-0.2, -0.15) is 13.2 Å². The van der Waals surface area contributed by atoms with Gasteiger partial charge in [-0.15, -0.1) is 0 Å². The van der Waals surface area contributed by atoms with Crippen LogP contribution in [0.5, 0.6) is 0 Å². The molecule has 1 aliphatic heterocycles. The van der Waals surface area contributed by atoms with Crippen LogP contribution in [-0.4, -0.2) is 38.1 Å². The fourth-order valence-corrected chi connectivity index (χ4v) is 4.90. The van der Waals surface area contributed by atoms with Gasteiger partial charge in [-0.05, 0) is 47.9 Å². The molecule has 3 aromatic rings. The third-order valence-corrected chi connectivity index (χ3v) is 6.90. The van der Waals surface area contributed by atoms with Crippen molar-refractivity contribution >= 4 is 28.7 Å². The third kappa shape index (κ3) is 5.95. The number of alkyl halides is 3. The number of anilines is 2. The van der Waals surface area contributed by atoms with Gasteiger partial charge >= 0.3 is 6.18 Å². The number of rotatable bonds is 7. The third-order valence-electron chi connectivity index (χ3n) is 6.59. The van der Waals surface area contributed by atoms with Gasteiger partial charge in [-0.3, -0.25) is 4.90 Å². The van der Waals surface area contributed by atoms with Gasteiger partial charge in [0, 0.05) is 62.7 Å². The Hall–Kier alpha value is -3.21. The van der Waals surface area contributed by atoms with E-state index in [1.165, 1.54) is 17.7 Å². The smallest absolute Gasteiger partial charge is 0.378 e. The molecular weight excluding hydrogens is 485 g/mol. The molecule has 188 valence electrons. The van der Waals surface area contributed by atoms with Crippen molar-refractivity contribution < 1.29 is 13.2 Å². The summed E-state index contributed by atoms with van der Waals surface area (Å²) < 4.78 is 41.2. The summed E-state index contributed by atoms with van der Waals surface area (Å²) in [6.45, 7) is 9.69. The maximum Gasteiger partial charge on any atom is 0.416 e. The lowest BCUT2D eigenvalue weighted by atomic mass is 10.0. The zero-order valence-electron chi connectivity index (χ0n) is 20.3. The lowest BCUT2D eigenvalue weighted by Gasteiger charge is -2.33. The van der Waals surface area contributed by atoms with Gasteiger partial charge in [0.1, 0.15) is 0 Å². The molecule has 1 saturated heterocycles. The molecule has 0 amide bonds. The molecule has 0 bridgehead atoms. The van der Waals surface area contributed by atoms with Gasteiger partial charge in [0.05, 0.1) is 12.1 Å². The Morgan fingerprint density at radius 1 is 1.03 bits per heavy atom. The van der Waals surface area contributed by atoms with Crippen LogP contribution in [0.1, 0.15) is 23.1 Å². The highest BCUT2D eigenvalue weighted by Gasteiger charge is 2.35. The van der Waals surface area contributed by atoms with E-state index in [0.29, 0.717) is 22.9 Å². The Morgan fingerprint density at radius 2 is 1.72 bits per heavy atom. The van der Waals surface area contributed by atoms with Crippen LogP contribution in [0.2, 0.25) is 5.02 Å². The molecule has 0 aliphatic carbocycles. The van der Waals surface area contributed by atoms with Crippen molar-refractivity contribution in [2.45, 2.75) is 31.7 Å². The van der Waals surface area contributed by atoms with Crippen LogP contribution in [0.4, 0.5) is 30.2 Å². The van der Waals surface area contributed by atoms with Crippen LogP contribution in [0.3, 0.4) is 0 Å². The highest BCUT2D eigenvalue weighted by Crippen LogP contribution is 2.36. The van der Waals surface area contributed by atoms with Gasteiger partial charge < -0.3 is 9.80 Å². The normalized spacial score (nSPS) is 16.1. The Kier molecular flexibility index (Phi) is 7.77. The van der Waals surface area contributed by atoms with Gasteiger partial charge in [0.2, 0.25) is 5.69 Å². The van der Waals surface area contributed by atoms with E-state index in [4.69, 9.17) is 18.2 Å². The molecular formula is C28H28ClF3N4. The van der Waals surface area contributed by atoms with Crippen molar-refractivity contribution in [1.29, 1.82) is 0 Å². The van der Waals surface area contributed by atoms with Crippen molar-refractivity contribution in [1.82, 2.24) is 4.90 Å². The molecule has 1 heterocycles. The Bertz CT molecular complexity index is 1230. The van der Waals surface area contributed by atoms with Crippen LogP contribution in [0.25, 0.3) is 4.85 Å². The van der Waals surface area contributed by atoms with Crippen LogP contribution in [0, 0.1) is 6.57 Å². The first kappa shape index (κ1) is 25.9. The molecule has 4 nitrogen and oxygen atoms in total. The van der Waals surface area contributed by atoms with E-state index in [9.17, 15) is 13.2 Å². The average Bonchev–Trinajstić information content (AvgIpc) is 3.30. The molecule has 36 heavy (non-hydrogen) atoms. The summed E-state index contributed by atoms with van der Waals surface area (Å²) in [5.74, 6) is 0. The van der Waals surface area contributed by atoms with E-state index in [1.54, 1.807) is 24.3 Å². The number of likely N-dealkylation sites (tertiary alicyclic amines) is 1. The molecule has 0 unspecified atom stereocenters. The molecule has 1 atom stereocenters. The molecule has 0 spiro atoms. The van der Waals surface area contributed by atoms with Crippen LogP contribution >= 0.6 is 11.6 Å². The predicted molar refractivity (Wildman–Crippen MR) is 140 cm³/mol. The van der Waals surface area contributed by atoms with Gasteiger partial charge in [0.25, 0.3) is 0 Å². The zero-order chi connectivity index (χ0) is 25.9. The maximum absolute atomic E-state index is 13.7. The summed E-state index contributed by atoms with van der Waals surface area (Å²) in [5, 5.41) is 0.299. The highest BCUT2D eigenvalue weighted by molar-refractivity contribution is 6.33. The number of hydrogen-bond acceptors (Lipinski definition) is 3. The molecule has 0 radical (unpaired) electrons. The van der Waals surface area contributed by atoms with Crippen molar-refractivity contribution in [3.63, 3.8) is 0 Å². The predicted octanol–water partition coefficient (Wildman–Crippen LogP) is 7.26. The first-order valence-corrected chi connectivity index (χ1v) is 12.1. The Balaban J connectivity index is 1.59. The second-order valence-electron chi connectivity index (χ2n) is 9.27. The van der Waals surface area contributed by atoms with E-state index in [1.807, 2.05) is 19.0 Å². The fourth-order valence-electron chi connectivity index (χ4n) is 4.68. The van der Waals surface area contributed by atoms with Gasteiger partial charge in [-0.1, -0.05) is 48.0 Å². The minimum Gasteiger partial charge on any atom is -0.378 e. The molecule has 4 rings (SSSR count). The quantitative estimate of drug-likeness (QED) is 0.309. The van der Waals surface area contributed by atoms with E-state index in [2.05, 4.69) is 38.9 Å². The van der Waals surface area contributed by atoms with Crippen LogP contribution in [-0.2, 0) is 19.3 Å². The SMILES string of the molecule is [C-]#[N+]c1ccc(N(Cc2ccccc2C(F)(F)F)[C@H]2CCN(Cc3ccc(N(C)C)cc3)C2)cc1Cl. The van der Waals surface area contributed by atoms with Gasteiger partial charge in [-0.25, -0.2) is 4.85 Å². The topological polar surface area (TPSA) is 14.1 Å².